The fourth-order valence-electron chi connectivity index (χ4n) is 2.19. The molecule has 0 spiro atoms. The van der Waals surface area contributed by atoms with Crippen molar-refractivity contribution in [3.63, 3.8) is 0 Å². The van der Waals surface area contributed by atoms with Crippen LogP contribution in [0.5, 0.6) is 0 Å². The maximum Gasteiger partial charge on any atom is 0.433 e. The number of amides is 1. The van der Waals surface area contributed by atoms with Crippen LogP contribution in [0, 0.1) is 13.8 Å². The molecule has 5 nitrogen and oxygen atoms in total. The molecule has 0 radical (unpaired) electrons. The lowest BCUT2D eigenvalue weighted by Crippen LogP contribution is -2.11. The number of nitrogen functional groups attached to an aromatic ring is 1. The lowest BCUT2D eigenvalue weighted by atomic mass is 10.1. The molecule has 1 amide bonds. The fourth-order valence-corrected chi connectivity index (χ4v) is 3.94. The van der Waals surface area contributed by atoms with Crippen molar-refractivity contribution in [3.05, 3.63) is 33.3 Å². The molecule has 0 fully saturated rings. The summed E-state index contributed by atoms with van der Waals surface area (Å²) < 4.78 is 38.6. The second-order valence-corrected chi connectivity index (χ2v) is 6.95. The number of pyridine rings is 1. The van der Waals surface area contributed by atoms with Gasteiger partial charge in [0.2, 0.25) is 0 Å². The van der Waals surface area contributed by atoms with Crippen LogP contribution in [0.1, 0.15) is 26.6 Å². The van der Waals surface area contributed by atoms with Gasteiger partial charge >= 0.3 is 6.18 Å². The number of fused-ring (bicyclic) bond motifs is 1. The van der Waals surface area contributed by atoms with Gasteiger partial charge in [-0.25, -0.2) is 9.97 Å². The van der Waals surface area contributed by atoms with Gasteiger partial charge in [0, 0.05) is 10.8 Å². The molecule has 126 valence electrons. The Kier molecular flexibility index (Phi) is 3.96. The van der Waals surface area contributed by atoms with Gasteiger partial charge in [-0.15, -0.1) is 22.7 Å². The zero-order valence-electron chi connectivity index (χ0n) is 12.5. The average Bonchev–Trinajstić information content (AvgIpc) is 3.02. The van der Waals surface area contributed by atoms with Gasteiger partial charge in [0.15, 0.2) is 5.13 Å². The molecule has 24 heavy (non-hydrogen) atoms. The van der Waals surface area contributed by atoms with Crippen LogP contribution in [0.4, 0.5) is 24.0 Å². The minimum absolute atomic E-state index is 0.0836. The van der Waals surface area contributed by atoms with Crippen molar-refractivity contribution in [3.8, 4) is 0 Å². The first kappa shape index (κ1) is 16.7. The standard InChI is InChI=1S/C14H11F3N4OS2/c1-5-3-7(14(15,16)17)20-12-8(5)9(18)10(24-12)11(22)21-13-19-6(2)4-23-13/h3-4H,18H2,1-2H3,(H,19,21,22). The Balaban J connectivity index is 2.04. The number of carbonyl (C=O) groups is 1. The average molecular weight is 372 g/mol. The quantitative estimate of drug-likeness (QED) is 0.706. The van der Waals surface area contributed by atoms with E-state index >= 15 is 0 Å². The zero-order valence-corrected chi connectivity index (χ0v) is 14.1. The molecule has 0 aromatic carbocycles. The van der Waals surface area contributed by atoms with E-state index in [4.69, 9.17) is 5.73 Å². The number of rotatable bonds is 2. The van der Waals surface area contributed by atoms with Gasteiger partial charge in [0.1, 0.15) is 15.4 Å². The maximum absolute atomic E-state index is 12.9. The number of anilines is 2. The molecule has 3 rings (SSSR count). The maximum atomic E-state index is 12.9. The largest absolute Gasteiger partial charge is 0.433 e. The van der Waals surface area contributed by atoms with Crippen molar-refractivity contribution in [2.24, 2.45) is 0 Å². The zero-order chi connectivity index (χ0) is 17.6. The highest BCUT2D eigenvalue weighted by atomic mass is 32.1. The highest BCUT2D eigenvalue weighted by molar-refractivity contribution is 7.21. The molecule has 0 aliphatic carbocycles. The normalized spacial score (nSPS) is 11.9. The summed E-state index contributed by atoms with van der Waals surface area (Å²) in [6.07, 6.45) is -4.56. The molecular formula is C14H11F3N4OS2. The summed E-state index contributed by atoms with van der Waals surface area (Å²) in [6.45, 7) is 3.29. The number of aromatic nitrogens is 2. The molecular weight excluding hydrogens is 361 g/mol. The van der Waals surface area contributed by atoms with Crippen molar-refractivity contribution in [1.29, 1.82) is 0 Å². The summed E-state index contributed by atoms with van der Waals surface area (Å²) in [4.78, 5) is 20.3. The minimum Gasteiger partial charge on any atom is -0.397 e. The third-order valence-electron chi connectivity index (χ3n) is 3.23. The van der Waals surface area contributed by atoms with E-state index in [1.165, 1.54) is 18.3 Å². The first-order valence-corrected chi connectivity index (χ1v) is 8.36. The van der Waals surface area contributed by atoms with Crippen LogP contribution in [0.2, 0.25) is 0 Å². The summed E-state index contributed by atoms with van der Waals surface area (Å²) in [5.41, 5.74) is 6.17. The van der Waals surface area contributed by atoms with Gasteiger partial charge in [-0.05, 0) is 25.5 Å². The third-order valence-corrected chi connectivity index (χ3v) is 5.21. The van der Waals surface area contributed by atoms with Crippen molar-refractivity contribution in [2.75, 3.05) is 11.1 Å². The summed E-state index contributed by atoms with van der Waals surface area (Å²) in [5.74, 6) is -0.516. The first-order chi connectivity index (χ1) is 11.2. The van der Waals surface area contributed by atoms with Gasteiger partial charge in [0.05, 0.1) is 11.4 Å². The van der Waals surface area contributed by atoms with Gasteiger partial charge in [0.25, 0.3) is 5.91 Å². The van der Waals surface area contributed by atoms with Crippen LogP contribution in [0.15, 0.2) is 11.4 Å². The number of halogens is 3. The van der Waals surface area contributed by atoms with Crippen LogP contribution >= 0.6 is 22.7 Å². The van der Waals surface area contributed by atoms with E-state index in [0.29, 0.717) is 16.1 Å². The molecule has 3 aromatic rings. The Morgan fingerprint density at radius 1 is 1.29 bits per heavy atom. The van der Waals surface area contributed by atoms with Crippen LogP contribution in [-0.4, -0.2) is 15.9 Å². The van der Waals surface area contributed by atoms with E-state index in [9.17, 15) is 18.0 Å². The number of nitrogens with two attached hydrogens (primary N) is 1. The first-order valence-electron chi connectivity index (χ1n) is 6.67. The second kappa shape index (κ2) is 5.71. The molecule has 0 saturated carbocycles. The van der Waals surface area contributed by atoms with E-state index in [2.05, 4.69) is 15.3 Å². The third kappa shape index (κ3) is 2.94. The van der Waals surface area contributed by atoms with Crippen LogP contribution in [-0.2, 0) is 6.18 Å². The van der Waals surface area contributed by atoms with Gasteiger partial charge < -0.3 is 5.73 Å². The molecule has 3 heterocycles. The number of hydrogen-bond acceptors (Lipinski definition) is 6. The Bertz CT molecular complexity index is 946. The molecule has 0 bridgehead atoms. The number of alkyl halides is 3. The van der Waals surface area contributed by atoms with Gasteiger partial charge in [-0.2, -0.15) is 13.2 Å². The molecule has 0 unspecified atom stereocenters. The summed E-state index contributed by atoms with van der Waals surface area (Å²) in [6, 6.07) is 0.928. The number of thiazole rings is 1. The van der Waals surface area contributed by atoms with E-state index in [1.54, 1.807) is 12.3 Å². The van der Waals surface area contributed by atoms with Crippen molar-refractivity contribution >= 4 is 49.6 Å². The SMILES string of the molecule is Cc1csc(NC(=O)c2sc3nc(C(F)(F)F)cc(C)c3c2N)n1. The van der Waals surface area contributed by atoms with E-state index in [0.717, 1.165) is 23.1 Å². The monoisotopic (exact) mass is 372 g/mol. The Hall–Kier alpha value is -2.20. The van der Waals surface area contributed by atoms with Crippen molar-refractivity contribution in [1.82, 2.24) is 9.97 Å². The number of thiophene rings is 1. The summed E-state index contributed by atoms with van der Waals surface area (Å²) in [7, 11) is 0. The van der Waals surface area contributed by atoms with E-state index in [1.807, 2.05) is 0 Å². The molecule has 3 aromatic heterocycles. The van der Waals surface area contributed by atoms with Gasteiger partial charge in [-0.1, -0.05) is 0 Å². The number of aryl methyl sites for hydroxylation is 2. The smallest absolute Gasteiger partial charge is 0.397 e. The topological polar surface area (TPSA) is 80.9 Å². The summed E-state index contributed by atoms with van der Waals surface area (Å²) >= 11 is 2.08. The Morgan fingerprint density at radius 3 is 2.58 bits per heavy atom. The fraction of sp³-hybridized carbons (Fsp3) is 0.214. The predicted octanol–water partition coefficient (Wildman–Crippen LogP) is 4.22. The molecule has 0 aliphatic heterocycles. The van der Waals surface area contributed by atoms with E-state index in [-0.39, 0.29) is 15.4 Å². The van der Waals surface area contributed by atoms with E-state index < -0.39 is 17.8 Å². The molecule has 0 aliphatic rings. The predicted molar refractivity (Wildman–Crippen MR) is 88.6 cm³/mol. The number of carbonyl (C=O) groups excluding carboxylic acids is 1. The van der Waals surface area contributed by atoms with Crippen LogP contribution in [0.3, 0.4) is 0 Å². The second-order valence-electron chi connectivity index (χ2n) is 5.10. The highest BCUT2D eigenvalue weighted by Gasteiger charge is 2.34. The van der Waals surface area contributed by atoms with Crippen LogP contribution < -0.4 is 11.1 Å². The summed E-state index contributed by atoms with van der Waals surface area (Å²) in [5, 5.41) is 5.13. The minimum atomic E-state index is -4.56. The number of nitrogens with zero attached hydrogens (tertiary/aromatic N) is 2. The van der Waals surface area contributed by atoms with Crippen molar-refractivity contribution in [2.45, 2.75) is 20.0 Å². The lowest BCUT2D eigenvalue weighted by Gasteiger charge is -2.07. The van der Waals surface area contributed by atoms with Crippen LogP contribution in [0.25, 0.3) is 10.2 Å². The molecule has 3 N–H and O–H groups in total. The molecule has 0 atom stereocenters. The Labute approximate surface area is 142 Å². The molecule has 0 saturated heterocycles. The lowest BCUT2D eigenvalue weighted by molar-refractivity contribution is -0.141. The number of hydrogen-bond donors (Lipinski definition) is 2. The Morgan fingerprint density at radius 2 is 2.00 bits per heavy atom. The number of nitrogens with one attached hydrogen (secondary N) is 1. The van der Waals surface area contributed by atoms with Gasteiger partial charge in [-0.3, -0.25) is 10.1 Å². The van der Waals surface area contributed by atoms with Crippen molar-refractivity contribution < 1.29 is 18.0 Å². The molecule has 10 heteroatoms. The highest BCUT2D eigenvalue weighted by Crippen LogP contribution is 2.38.